The van der Waals surface area contributed by atoms with Crippen molar-refractivity contribution in [1.82, 2.24) is 0 Å². The minimum absolute atomic E-state index is 1.12. The van der Waals surface area contributed by atoms with Gasteiger partial charge in [0, 0.05) is 11.6 Å². The summed E-state index contributed by atoms with van der Waals surface area (Å²) in [6, 6.07) is 14.9. The highest BCUT2D eigenvalue weighted by atomic mass is 127. The second-order valence-electron chi connectivity index (χ2n) is 3.13. The number of rotatable bonds is 1. The second-order valence-corrected chi connectivity index (χ2v) is 6.46. The molecule has 76 valence electrons. The van der Waals surface area contributed by atoms with Crippen molar-refractivity contribution in [2.45, 2.75) is 0 Å². The van der Waals surface area contributed by atoms with Crippen LogP contribution < -0.4 is 0 Å². The highest BCUT2D eigenvalue weighted by Crippen LogP contribution is 2.29. The Labute approximate surface area is 125 Å². The van der Waals surface area contributed by atoms with E-state index in [2.05, 4.69) is 104 Å². The van der Waals surface area contributed by atoms with E-state index in [9.17, 15) is 0 Å². The highest BCUT2D eigenvalue weighted by molar-refractivity contribution is 14.1. The largest absolute Gasteiger partial charge is 0.0606 e. The normalized spacial score (nSPS) is 10.3. The molecule has 0 saturated carbocycles. The van der Waals surface area contributed by atoms with E-state index in [0.29, 0.717) is 0 Å². The van der Waals surface area contributed by atoms with Crippen molar-refractivity contribution in [3.8, 4) is 11.1 Å². The maximum Gasteiger partial charge on any atom is 0.0209 e. The molecule has 0 atom stereocenters. The molecule has 0 radical (unpaired) electrons. The Morgan fingerprint density at radius 1 is 0.933 bits per heavy atom. The third kappa shape index (κ3) is 2.94. The zero-order chi connectivity index (χ0) is 10.8. The van der Waals surface area contributed by atoms with Crippen molar-refractivity contribution in [3.05, 3.63) is 54.1 Å². The Morgan fingerprint density at radius 3 is 2.47 bits per heavy atom. The molecular formula is C12H7BrI2. The van der Waals surface area contributed by atoms with E-state index in [4.69, 9.17) is 0 Å². The van der Waals surface area contributed by atoms with Crippen LogP contribution in [-0.4, -0.2) is 0 Å². The van der Waals surface area contributed by atoms with Crippen LogP contribution >= 0.6 is 61.1 Å². The first-order valence-corrected chi connectivity index (χ1v) is 7.33. The summed E-state index contributed by atoms with van der Waals surface area (Å²) >= 11 is 8.21. The van der Waals surface area contributed by atoms with E-state index in [-0.39, 0.29) is 0 Å². The van der Waals surface area contributed by atoms with Crippen molar-refractivity contribution >= 4 is 61.1 Å². The second kappa shape index (κ2) is 5.14. The van der Waals surface area contributed by atoms with Gasteiger partial charge in [0.05, 0.1) is 0 Å². The maximum absolute atomic E-state index is 3.51. The van der Waals surface area contributed by atoms with Gasteiger partial charge in [0.2, 0.25) is 0 Å². The summed E-state index contributed by atoms with van der Waals surface area (Å²) in [5.41, 5.74) is 2.55. The molecule has 0 aliphatic rings. The van der Waals surface area contributed by atoms with Crippen LogP contribution in [0.15, 0.2) is 46.9 Å². The lowest BCUT2D eigenvalue weighted by molar-refractivity contribution is 1.54. The molecule has 0 amide bonds. The molecule has 0 aromatic heterocycles. The molecule has 2 rings (SSSR count). The fourth-order valence-corrected chi connectivity index (χ4v) is 2.93. The van der Waals surface area contributed by atoms with Crippen LogP contribution in [0.5, 0.6) is 0 Å². The molecule has 0 aliphatic heterocycles. The Morgan fingerprint density at radius 2 is 1.73 bits per heavy atom. The van der Waals surface area contributed by atoms with Crippen LogP contribution in [0.3, 0.4) is 0 Å². The lowest BCUT2D eigenvalue weighted by atomic mass is 10.1. The average Bonchev–Trinajstić information content (AvgIpc) is 2.22. The highest BCUT2D eigenvalue weighted by Gasteiger charge is 2.03. The molecule has 0 unspecified atom stereocenters. The number of hydrogen-bond donors (Lipinski definition) is 0. The van der Waals surface area contributed by atoms with E-state index in [0.717, 1.165) is 4.47 Å². The van der Waals surface area contributed by atoms with Crippen LogP contribution in [0.2, 0.25) is 0 Å². The van der Waals surface area contributed by atoms with Gasteiger partial charge in [-0.1, -0.05) is 28.1 Å². The number of halogens is 3. The first kappa shape index (κ1) is 11.9. The molecule has 0 N–H and O–H groups in total. The van der Waals surface area contributed by atoms with E-state index in [1.165, 1.54) is 18.3 Å². The molecule has 2 aromatic carbocycles. The fraction of sp³-hybridized carbons (Fsp3) is 0. The molecule has 0 nitrogen and oxygen atoms in total. The Hall–Kier alpha value is 0.380. The number of hydrogen-bond acceptors (Lipinski definition) is 0. The van der Waals surface area contributed by atoms with Crippen molar-refractivity contribution in [1.29, 1.82) is 0 Å². The Kier molecular flexibility index (Phi) is 4.06. The fourth-order valence-electron chi connectivity index (χ4n) is 1.37. The van der Waals surface area contributed by atoms with E-state index in [1.54, 1.807) is 0 Å². The average molecular weight is 485 g/mol. The van der Waals surface area contributed by atoms with Gasteiger partial charge in [0.15, 0.2) is 0 Å². The van der Waals surface area contributed by atoms with Gasteiger partial charge in [-0.05, 0) is 86.6 Å². The topological polar surface area (TPSA) is 0 Å². The molecule has 3 heteroatoms. The third-order valence-corrected chi connectivity index (χ3v) is 4.17. The minimum Gasteiger partial charge on any atom is -0.0606 e. The van der Waals surface area contributed by atoms with Gasteiger partial charge in [0.1, 0.15) is 0 Å². The first-order valence-electron chi connectivity index (χ1n) is 4.38. The van der Waals surface area contributed by atoms with Gasteiger partial charge in [-0.2, -0.15) is 0 Å². The van der Waals surface area contributed by atoms with Crippen LogP contribution in [0.1, 0.15) is 0 Å². The maximum atomic E-state index is 3.51. The SMILES string of the molecule is Brc1ccc(I)c(-c2cccc(I)c2)c1. The van der Waals surface area contributed by atoms with Crippen molar-refractivity contribution < 1.29 is 0 Å². The molecule has 0 bridgehead atoms. The molecule has 0 aliphatic carbocycles. The van der Waals surface area contributed by atoms with Gasteiger partial charge in [-0.25, -0.2) is 0 Å². The van der Waals surface area contributed by atoms with Crippen LogP contribution in [0.4, 0.5) is 0 Å². The summed E-state index contributed by atoms with van der Waals surface area (Å²) < 4.78 is 3.66. The van der Waals surface area contributed by atoms with E-state index < -0.39 is 0 Å². The molecule has 0 spiro atoms. The monoisotopic (exact) mass is 484 g/mol. The molecule has 0 saturated heterocycles. The predicted octanol–water partition coefficient (Wildman–Crippen LogP) is 5.33. The van der Waals surface area contributed by atoms with E-state index >= 15 is 0 Å². The quantitative estimate of drug-likeness (QED) is 0.480. The van der Waals surface area contributed by atoms with Crippen molar-refractivity contribution in [2.24, 2.45) is 0 Å². The Balaban J connectivity index is 2.58. The third-order valence-electron chi connectivity index (χ3n) is 2.06. The van der Waals surface area contributed by atoms with Crippen molar-refractivity contribution in [3.63, 3.8) is 0 Å². The summed E-state index contributed by atoms with van der Waals surface area (Å²) in [6.45, 7) is 0. The van der Waals surface area contributed by atoms with Gasteiger partial charge < -0.3 is 0 Å². The lowest BCUT2D eigenvalue weighted by Crippen LogP contribution is -1.83. The predicted molar refractivity (Wildman–Crippen MR) is 85.0 cm³/mol. The summed E-state index contributed by atoms with van der Waals surface area (Å²) in [5.74, 6) is 0. The summed E-state index contributed by atoms with van der Waals surface area (Å²) in [6.07, 6.45) is 0. The van der Waals surface area contributed by atoms with Crippen molar-refractivity contribution in [2.75, 3.05) is 0 Å². The molecule has 2 aromatic rings. The number of benzene rings is 2. The minimum atomic E-state index is 1.12. The van der Waals surface area contributed by atoms with E-state index in [1.807, 2.05) is 0 Å². The molecule has 0 fully saturated rings. The van der Waals surface area contributed by atoms with Gasteiger partial charge >= 0.3 is 0 Å². The Bertz CT molecular complexity index is 495. The standard InChI is InChI=1S/C12H7BrI2/c13-9-4-5-12(15)11(7-9)8-2-1-3-10(14)6-8/h1-7H. The summed E-state index contributed by atoms with van der Waals surface area (Å²) in [5, 5.41) is 0. The van der Waals surface area contributed by atoms with Crippen LogP contribution in [-0.2, 0) is 0 Å². The van der Waals surface area contributed by atoms with Gasteiger partial charge in [0.25, 0.3) is 0 Å². The summed E-state index contributed by atoms with van der Waals surface area (Å²) in [7, 11) is 0. The smallest absolute Gasteiger partial charge is 0.0209 e. The summed E-state index contributed by atoms with van der Waals surface area (Å²) in [4.78, 5) is 0. The van der Waals surface area contributed by atoms with Gasteiger partial charge in [-0.3, -0.25) is 0 Å². The lowest BCUT2D eigenvalue weighted by Gasteiger charge is -2.05. The zero-order valence-corrected chi connectivity index (χ0v) is 13.6. The first-order chi connectivity index (χ1) is 7.16. The van der Waals surface area contributed by atoms with Gasteiger partial charge in [-0.15, -0.1) is 0 Å². The zero-order valence-electron chi connectivity index (χ0n) is 7.68. The van der Waals surface area contributed by atoms with Crippen LogP contribution in [0, 0.1) is 7.14 Å². The molecule has 0 heterocycles. The molecular weight excluding hydrogens is 478 g/mol. The van der Waals surface area contributed by atoms with Crippen LogP contribution in [0.25, 0.3) is 11.1 Å². The molecule has 15 heavy (non-hydrogen) atoms.